The minimum Gasteiger partial charge on any atom is -0.496 e. The molecule has 108 valence electrons. The van der Waals surface area contributed by atoms with Gasteiger partial charge in [0.1, 0.15) is 5.75 Å². The van der Waals surface area contributed by atoms with E-state index in [9.17, 15) is 10.1 Å². The van der Waals surface area contributed by atoms with Crippen molar-refractivity contribution in [1.82, 2.24) is 4.98 Å². The summed E-state index contributed by atoms with van der Waals surface area (Å²) in [6.45, 7) is 0. The van der Waals surface area contributed by atoms with Crippen molar-refractivity contribution in [3.8, 4) is 5.75 Å². The van der Waals surface area contributed by atoms with E-state index in [1.807, 2.05) is 0 Å². The van der Waals surface area contributed by atoms with E-state index >= 15 is 0 Å². The van der Waals surface area contributed by atoms with Gasteiger partial charge in [0, 0.05) is 22.8 Å². The van der Waals surface area contributed by atoms with Gasteiger partial charge in [-0.1, -0.05) is 11.6 Å². The van der Waals surface area contributed by atoms with Gasteiger partial charge in [-0.05, 0) is 24.3 Å². The van der Waals surface area contributed by atoms with Crippen LogP contribution < -0.4 is 10.2 Å². The molecule has 0 saturated heterocycles. The number of nitrogens with one attached hydrogen (secondary N) is 1. The number of methoxy groups -OCH3 is 1. The van der Waals surface area contributed by atoms with Gasteiger partial charge in [0.25, 0.3) is 0 Å². The minimum absolute atomic E-state index is 0.0553. The first kappa shape index (κ1) is 14.7. The Labute approximate surface area is 125 Å². The van der Waals surface area contributed by atoms with Crippen molar-refractivity contribution in [2.24, 2.45) is 5.10 Å². The third-order valence-electron chi connectivity index (χ3n) is 2.55. The lowest BCUT2D eigenvalue weighted by molar-refractivity contribution is -0.384. The summed E-state index contributed by atoms with van der Waals surface area (Å²) >= 11 is 5.90. The zero-order valence-electron chi connectivity index (χ0n) is 11.0. The van der Waals surface area contributed by atoms with Crippen LogP contribution in [0.25, 0.3) is 0 Å². The molecule has 0 bridgehead atoms. The van der Waals surface area contributed by atoms with Gasteiger partial charge in [-0.2, -0.15) is 5.10 Å². The second-order valence-corrected chi connectivity index (χ2v) is 4.32. The van der Waals surface area contributed by atoms with E-state index in [2.05, 4.69) is 15.5 Å². The van der Waals surface area contributed by atoms with Crippen LogP contribution in [0.1, 0.15) is 5.56 Å². The summed E-state index contributed by atoms with van der Waals surface area (Å²) in [5.74, 6) is 0.639. The molecular formula is C13H11ClN4O3. The van der Waals surface area contributed by atoms with Crippen LogP contribution >= 0.6 is 11.6 Å². The van der Waals surface area contributed by atoms with Gasteiger partial charge in [-0.15, -0.1) is 0 Å². The summed E-state index contributed by atoms with van der Waals surface area (Å²) in [4.78, 5) is 14.2. The van der Waals surface area contributed by atoms with Crippen LogP contribution in [0.5, 0.6) is 5.75 Å². The predicted octanol–water partition coefficient (Wildman–Crippen LogP) is 3.10. The van der Waals surface area contributed by atoms with Gasteiger partial charge in [0.05, 0.1) is 18.2 Å². The van der Waals surface area contributed by atoms with Crippen LogP contribution in [-0.4, -0.2) is 23.2 Å². The van der Waals surface area contributed by atoms with E-state index in [0.29, 0.717) is 16.3 Å². The third-order valence-corrected chi connectivity index (χ3v) is 2.78. The Balaban J connectivity index is 2.20. The SMILES string of the molecule is COc1ccc(Cl)cc1/C=N\Nc1ncccc1[N+](=O)[O-]. The van der Waals surface area contributed by atoms with Gasteiger partial charge in [-0.3, -0.25) is 15.5 Å². The van der Waals surface area contributed by atoms with Crippen molar-refractivity contribution in [2.45, 2.75) is 0 Å². The predicted molar refractivity (Wildman–Crippen MR) is 80.1 cm³/mol. The highest BCUT2D eigenvalue weighted by atomic mass is 35.5. The maximum atomic E-state index is 10.8. The Hall–Kier alpha value is -2.67. The van der Waals surface area contributed by atoms with Crippen LogP contribution in [0.15, 0.2) is 41.6 Å². The standard InChI is InChI=1S/C13H11ClN4O3/c1-21-12-5-4-10(14)7-9(12)8-16-17-13-11(18(19)20)3-2-6-15-13/h2-8H,1H3,(H,15,17)/b16-8-. The average molecular weight is 307 g/mol. The third kappa shape index (κ3) is 3.67. The van der Waals surface area contributed by atoms with Gasteiger partial charge < -0.3 is 4.74 Å². The molecule has 1 aromatic carbocycles. The number of rotatable bonds is 5. The van der Waals surface area contributed by atoms with E-state index in [1.54, 1.807) is 18.2 Å². The molecule has 0 unspecified atom stereocenters. The summed E-state index contributed by atoms with van der Waals surface area (Å²) in [5, 5.41) is 15.3. The Bertz CT molecular complexity index is 691. The highest BCUT2D eigenvalue weighted by molar-refractivity contribution is 6.30. The molecule has 0 amide bonds. The fourth-order valence-electron chi connectivity index (χ4n) is 1.60. The zero-order valence-corrected chi connectivity index (χ0v) is 11.7. The highest BCUT2D eigenvalue weighted by Crippen LogP contribution is 2.22. The molecule has 1 aromatic heterocycles. The number of nitrogens with zero attached hydrogens (tertiary/aromatic N) is 3. The van der Waals surface area contributed by atoms with Gasteiger partial charge in [-0.25, -0.2) is 4.98 Å². The van der Waals surface area contributed by atoms with E-state index < -0.39 is 4.92 Å². The maximum absolute atomic E-state index is 10.8. The largest absolute Gasteiger partial charge is 0.496 e. The van der Waals surface area contributed by atoms with E-state index in [4.69, 9.17) is 16.3 Å². The molecule has 1 N–H and O–H groups in total. The number of benzene rings is 1. The van der Waals surface area contributed by atoms with Crippen LogP contribution in [0.4, 0.5) is 11.5 Å². The second-order valence-electron chi connectivity index (χ2n) is 3.88. The monoisotopic (exact) mass is 306 g/mol. The number of nitro groups is 1. The molecule has 0 saturated carbocycles. The number of ether oxygens (including phenoxy) is 1. The number of halogens is 1. The van der Waals surface area contributed by atoms with Crippen LogP contribution in [0, 0.1) is 10.1 Å². The maximum Gasteiger partial charge on any atom is 0.313 e. The molecule has 2 rings (SSSR count). The molecule has 0 fully saturated rings. The number of pyridine rings is 1. The second kappa shape index (κ2) is 6.67. The molecule has 0 aliphatic heterocycles. The van der Waals surface area contributed by atoms with Crippen molar-refractivity contribution in [3.05, 3.63) is 57.2 Å². The van der Waals surface area contributed by atoms with Gasteiger partial charge >= 0.3 is 5.69 Å². The van der Waals surface area contributed by atoms with Crippen molar-refractivity contribution in [2.75, 3.05) is 12.5 Å². The van der Waals surface area contributed by atoms with Gasteiger partial charge in [0.15, 0.2) is 0 Å². The van der Waals surface area contributed by atoms with Crippen molar-refractivity contribution < 1.29 is 9.66 Å². The Morgan fingerprint density at radius 2 is 2.29 bits per heavy atom. The topological polar surface area (TPSA) is 89.7 Å². The fraction of sp³-hybridized carbons (Fsp3) is 0.0769. The first-order valence-corrected chi connectivity index (χ1v) is 6.21. The summed E-state index contributed by atoms with van der Waals surface area (Å²) in [6.07, 6.45) is 2.88. The van der Waals surface area contributed by atoms with E-state index in [1.165, 1.54) is 31.7 Å². The molecule has 7 nitrogen and oxygen atoms in total. The zero-order chi connectivity index (χ0) is 15.2. The molecule has 8 heteroatoms. The minimum atomic E-state index is -0.537. The number of hydrogen-bond donors (Lipinski definition) is 1. The molecule has 2 aromatic rings. The molecule has 0 spiro atoms. The lowest BCUT2D eigenvalue weighted by Gasteiger charge is -2.04. The van der Waals surface area contributed by atoms with Crippen LogP contribution in [0.2, 0.25) is 5.02 Å². The average Bonchev–Trinajstić information content (AvgIpc) is 2.48. The van der Waals surface area contributed by atoms with Gasteiger partial charge in [0.2, 0.25) is 5.82 Å². The molecular weight excluding hydrogens is 296 g/mol. The summed E-state index contributed by atoms with van der Waals surface area (Å²) < 4.78 is 5.16. The molecule has 0 aliphatic rings. The van der Waals surface area contributed by atoms with Crippen molar-refractivity contribution in [1.29, 1.82) is 0 Å². The summed E-state index contributed by atoms with van der Waals surface area (Å²) in [5.41, 5.74) is 3.01. The number of hydrazone groups is 1. The fourth-order valence-corrected chi connectivity index (χ4v) is 1.78. The van der Waals surface area contributed by atoms with Crippen LogP contribution in [0.3, 0.4) is 0 Å². The highest BCUT2D eigenvalue weighted by Gasteiger charge is 2.12. The number of hydrogen-bond acceptors (Lipinski definition) is 6. The van der Waals surface area contributed by atoms with Crippen molar-refractivity contribution >= 4 is 29.3 Å². The first-order chi connectivity index (χ1) is 10.1. The van der Waals surface area contributed by atoms with E-state index in [-0.39, 0.29) is 11.5 Å². The normalized spacial score (nSPS) is 10.6. The molecule has 1 heterocycles. The molecule has 0 aliphatic carbocycles. The quantitative estimate of drug-likeness (QED) is 0.521. The van der Waals surface area contributed by atoms with Crippen molar-refractivity contribution in [3.63, 3.8) is 0 Å². The Morgan fingerprint density at radius 1 is 1.48 bits per heavy atom. The Kier molecular flexibility index (Phi) is 4.68. The van der Waals surface area contributed by atoms with Crippen LogP contribution in [-0.2, 0) is 0 Å². The van der Waals surface area contributed by atoms with E-state index in [0.717, 1.165) is 0 Å². The number of anilines is 1. The molecule has 0 radical (unpaired) electrons. The summed E-state index contributed by atoms with van der Waals surface area (Å²) in [6, 6.07) is 7.87. The molecule has 21 heavy (non-hydrogen) atoms. The number of aromatic nitrogens is 1. The lowest BCUT2D eigenvalue weighted by Crippen LogP contribution is -1.99. The first-order valence-electron chi connectivity index (χ1n) is 5.84. The molecule has 0 atom stereocenters. The Morgan fingerprint density at radius 3 is 3.00 bits per heavy atom. The smallest absolute Gasteiger partial charge is 0.313 e. The summed E-state index contributed by atoms with van der Waals surface area (Å²) in [7, 11) is 1.53. The lowest BCUT2D eigenvalue weighted by atomic mass is 10.2.